The van der Waals surface area contributed by atoms with Crippen LogP contribution in [0.2, 0.25) is 25.7 Å². The van der Waals surface area contributed by atoms with E-state index in [1.165, 1.54) is 0 Å². The van der Waals surface area contributed by atoms with Crippen LogP contribution in [0.4, 0.5) is 10.5 Å². The Balaban J connectivity index is 2.11. The molecule has 8 heteroatoms. The van der Waals surface area contributed by atoms with Crippen LogP contribution in [0.15, 0.2) is 28.9 Å². The number of carbonyl (C=O) groups is 1. The summed E-state index contributed by atoms with van der Waals surface area (Å²) in [5.41, 5.74) is 2.95. The van der Waals surface area contributed by atoms with Crippen molar-refractivity contribution in [3.63, 3.8) is 0 Å². The van der Waals surface area contributed by atoms with Crippen molar-refractivity contribution in [1.29, 1.82) is 0 Å². The van der Waals surface area contributed by atoms with E-state index in [0.29, 0.717) is 5.69 Å². The summed E-state index contributed by atoms with van der Waals surface area (Å²) < 4.78 is 12.2. The molecule has 0 aliphatic rings. The van der Waals surface area contributed by atoms with Crippen LogP contribution in [0.5, 0.6) is 0 Å². The van der Waals surface area contributed by atoms with E-state index >= 15 is 0 Å². The Labute approximate surface area is 182 Å². The number of aromatic nitrogens is 2. The summed E-state index contributed by atoms with van der Waals surface area (Å²) in [5.74, 6) is 0. The first-order valence-corrected chi connectivity index (χ1v) is 14.3. The van der Waals surface area contributed by atoms with Gasteiger partial charge in [-0.2, -0.15) is 5.10 Å². The number of amides is 1. The maximum Gasteiger partial charge on any atom is 0.412 e. The first-order valence-electron chi connectivity index (χ1n) is 9.81. The maximum atomic E-state index is 11.9. The van der Waals surface area contributed by atoms with E-state index < -0.39 is 19.8 Å². The first kappa shape index (κ1) is 23.6. The number of hydrogen-bond acceptors (Lipinski definition) is 4. The highest BCUT2D eigenvalue weighted by atomic mass is 79.9. The van der Waals surface area contributed by atoms with E-state index in [0.717, 1.165) is 34.1 Å². The van der Waals surface area contributed by atoms with Gasteiger partial charge < -0.3 is 9.47 Å². The molecule has 1 amide bonds. The van der Waals surface area contributed by atoms with Gasteiger partial charge in [0.1, 0.15) is 10.2 Å². The fourth-order valence-electron chi connectivity index (χ4n) is 2.66. The molecule has 1 heterocycles. The van der Waals surface area contributed by atoms with Crippen molar-refractivity contribution >= 4 is 35.8 Å². The normalized spacial score (nSPS) is 13.2. The Kier molecular flexibility index (Phi) is 7.70. The van der Waals surface area contributed by atoms with E-state index in [-0.39, 0.29) is 6.10 Å². The molecule has 1 unspecified atom stereocenters. The maximum absolute atomic E-state index is 11.9. The smallest absolute Gasteiger partial charge is 0.412 e. The molecule has 0 saturated carbocycles. The molecule has 0 saturated heterocycles. The third kappa shape index (κ3) is 7.60. The molecule has 0 radical (unpaired) electrons. The summed E-state index contributed by atoms with van der Waals surface area (Å²) in [6.45, 7) is 15.3. The van der Waals surface area contributed by atoms with Gasteiger partial charge in [-0.25, -0.2) is 4.79 Å². The van der Waals surface area contributed by atoms with Gasteiger partial charge in [0.25, 0.3) is 0 Å². The summed E-state index contributed by atoms with van der Waals surface area (Å²) >= 11 is 3.56. The summed E-state index contributed by atoms with van der Waals surface area (Å²) in [5, 5.41) is 10.2. The van der Waals surface area contributed by atoms with Crippen molar-refractivity contribution in [3.05, 3.63) is 34.6 Å². The second kappa shape index (κ2) is 9.45. The molecular weight excluding hydrogens is 450 g/mol. The number of aromatic amines is 1. The molecule has 1 atom stereocenters. The van der Waals surface area contributed by atoms with Gasteiger partial charge >= 0.3 is 6.09 Å². The molecular formula is C21H32BrN3O3Si. The lowest BCUT2D eigenvalue weighted by atomic mass is 10.0. The van der Waals surface area contributed by atoms with Crippen LogP contribution in [0, 0.1) is 0 Å². The zero-order valence-electron chi connectivity index (χ0n) is 18.4. The molecule has 2 N–H and O–H groups in total. The SMILES string of the molecule is CC(OCC[Si](C)(C)C)c1n[nH]c(Br)c1-c1ccc(NC(=O)OC(C)(C)C)cc1. The standard InChI is InChI=1S/C21H32BrN3O3Si/c1-14(27-12-13-29(5,6)7)18-17(19(22)25-24-18)15-8-10-16(11-9-15)23-20(26)28-21(2,3)4/h8-11,14H,12-13H2,1-7H3,(H,23,26)(H,24,25). The summed E-state index contributed by atoms with van der Waals surface area (Å²) in [6, 6.07) is 8.70. The van der Waals surface area contributed by atoms with Gasteiger partial charge in [0, 0.05) is 25.9 Å². The monoisotopic (exact) mass is 481 g/mol. The first-order chi connectivity index (χ1) is 13.4. The highest BCUT2D eigenvalue weighted by molar-refractivity contribution is 9.10. The number of nitrogens with one attached hydrogen (secondary N) is 2. The number of rotatable bonds is 7. The summed E-state index contributed by atoms with van der Waals surface area (Å²) in [6.07, 6.45) is -0.594. The molecule has 0 aliphatic heterocycles. The molecule has 2 rings (SSSR count). The lowest BCUT2D eigenvalue weighted by Crippen LogP contribution is -2.27. The molecule has 6 nitrogen and oxygen atoms in total. The van der Waals surface area contributed by atoms with Gasteiger partial charge in [0.15, 0.2) is 0 Å². The quantitative estimate of drug-likeness (QED) is 0.436. The number of carbonyl (C=O) groups excluding carboxylic acids is 1. The van der Waals surface area contributed by atoms with Crippen molar-refractivity contribution in [1.82, 2.24) is 10.2 Å². The number of hydrogen-bond donors (Lipinski definition) is 2. The third-order valence-corrected chi connectivity index (χ3v) is 6.45. The highest BCUT2D eigenvalue weighted by Gasteiger charge is 2.21. The number of nitrogens with zero attached hydrogens (tertiary/aromatic N) is 1. The Hall–Kier alpha value is -1.64. The van der Waals surface area contributed by atoms with Gasteiger partial charge in [-0.05, 0) is 67.4 Å². The van der Waals surface area contributed by atoms with Crippen molar-refractivity contribution in [2.75, 3.05) is 11.9 Å². The average molecular weight is 482 g/mol. The minimum Gasteiger partial charge on any atom is -0.444 e. The third-order valence-electron chi connectivity index (χ3n) is 4.17. The van der Waals surface area contributed by atoms with Crippen LogP contribution < -0.4 is 5.32 Å². The molecule has 1 aromatic heterocycles. The van der Waals surface area contributed by atoms with E-state index in [1.54, 1.807) is 0 Å². The molecule has 160 valence electrons. The average Bonchev–Trinajstić information content (AvgIpc) is 2.94. The van der Waals surface area contributed by atoms with Crippen LogP contribution in [0.25, 0.3) is 11.1 Å². The van der Waals surface area contributed by atoms with E-state index in [9.17, 15) is 4.79 Å². The minimum absolute atomic E-state index is 0.122. The van der Waals surface area contributed by atoms with Crippen LogP contribution in [0.3, 0.4) is 0 Å². The van der Waals surface area contributed by atoms with E-state index in [4.69, 9.17) is 9.47 Å². The molecule has 0 spiro atoms. The number of halogens is 1. The summed E-state index contributed by atoms with van der Waals surface area (Å²) in [4.78, 5) is 11.9. The summed E-state index contributed by atoms with van der Waals surface area (Å²) in [7, 11) is -1.14. The lowest BCUT2D eigenvalue weighted by Gasteiger charge is -2.20. The molecule has 0 fully saturated rings. The van der Waals surface area contributed by atoms with E-state index in [1.807, 2.05) is 52.0 Å². The zero-order chi connectivity index (χ0) is 21.8. The fraction of sp³-hybridized carbons (Fsp3) is 0.524. The van der Waals surface area contributed by atoms with Gasteiger partial charge in [-0.1, -0.05) is 31.8 Å². The predicted octanol–water partition coefficient (Wildman–Crippen LogP) is 6.60. The minimum atomic E-state index is -1.14. The molecule has 29 heavy (non-hydrogen) atoms. The van der Waals surface area contributed by atoms with Crippen LogP contribution in [-0.2, 0) is 9.47 Å². The molecule has 2 aromatic rings. The van der Waals surface area contributed by atoms with Gasteiger partial charge in [-0.3, -0.25) is 10.4 Å². The Bertz CT molecular complexity index is 823. The second-order valence-corrected chi connectivity index (χ2v) is 15.7. The van der Waals surface area contributed by atoms with Crippen molar-refractivity contribution in [3.8, 4) is 11.1 Å². The van der Waals surface area contributed by atoms with Gasteiger partial charge in [0.2, 0.25) is 0 Å². The van der Waals surface area contributed by atoms with Crippen LogP contribution in [0.1, 0.15) is 39.5 Å². The molecule has 0 bridgehead atoms. The highest BCUT2D eigenvalue weighted by Crippen LogP contribution is 2.35. The zero-order valence-corrected chi connectivity index (χ0v) is 20.9. The van der Waals surface area contributed by atoms with Crippen molar-refractivity contribution in [2.24, 2.45) is 0 Å². The number of H-pyrrole nitrogens is 1. The largest absolute Gasteiger partial charge is 0.444 e. The predicted molar refractivity (Wildman–Crippen MR) is 124 cm³/mol. The fourth-order valence-corrected chi connectivity index (χ4v) is 3.92. The van der Waals surface area contributed by atoms with Gasteiger partial charge in [-0.15, -0.1) is 0 Å². The van der Waals surface area contributed by atoms with Crippen LogP contribution in [-0.4, -0.2) is 36.6 Å². The Morgan fingerprint density at radius 3 is 2.41 bits per heavy atom. The topological polar surface area (TPSA) is 76.2 Å². The van der Waals surface area contributed by atoms with Crippen molar-refractivity contribution < 1.29 is 14.3 Å². The molecule has 1 aromatic carbocycles. The second-order valence-electron chi connectivity index (χ2n) is 9.33. The van der Waals surface area contributed by atoms with Gasteiger partial charge in [0.05, 0.1) is 11.8 Å². The Morgan fingerprint density at radius 2 is 1.86 bits per heavy atom. The van der Waals surface area contributed by atoms with Crippen LogP contribution >= 0.6 is 15.9 Å². The van der Waals surface area contributed by atoms with Crippen molar-refractivity contribution in [2.45, 2.75) is 65.1 Å². The lowest BCUT2D eigenvalue weighted by molar-refractivity contribution is 0.0636. The Morgan fingerprint density at radius 1 is 1.24 bits per heavy atom. The van der Waals surface area contributed by atoms with E-state index in [2.05, 4.69) is 51.1 Å². The number of anilines is 1. The molecule has 0 aliphatic carbocycles. The number of ether oxygens (including phenoxy) is 2. The number of benzene rings is 1.